The number of fused-ring (bicyclic) bond motifs is 1. The van der Waals surface area contributed by atoms with E-state index in [0.29, 0.717) is 13.1 Å². The fraction of sp³-hybridized carbons (Fsp3) is 0.478. The van der Waals surface area contributed by atoms with Crippen LogP contribution in [0.25, 0.3) is 0 Å². The molecule has 1 aliphatic rings. The Kier molecular flexibility index (Phi) is 6.42. The van der Waals surface area contributed by atoms with E-state index in [0.717, 1.165) is 24.0 Å². The van der Waals surface area contributed by atoms with Crippen LogP contribution in [0.2, 0.25) is 0 Å². The summed E-state index contributed by atoms with van der Waals surface area (Å²) in [6, 6.07) is 8.17. The SMILES string of the molecule is CCCN(CC(=O)N1CCc2sccc2[C@@H]1c1ccc(F)cc1)C(=O)C(C)(C)C. The van der Waals surface area contributed by atoms with E-state index < -0.39 is 5.41 Å². The first-order valence-electron chi connectivity index (χ1n) is 10.1. The minimum Gasteiger partial charge on any atom is -0.333 e. The molecule has 2 aromatic rings. The van der Waals surface area contributed by atoms with E-state index in [1.165, 1.54) is 17.0 Å². The normalized spacial score (nSPS) is 16.4. The van der Waals surface area contributed by atoms with Crippen LogP contribution in [-0.2, 0) is 16.0 Å². The lowest BCUT2D eigenvalue weighted by Gasteiger charge is -2.38. The van der Waals surface area contributed by atoms with Crippen molar-refractivity contribution in [3.05, 3.63) is 57.5 Å². The molecule has 1 aromatic heterocycles. The summed E-state index contributed by atoms with van der Waals surface area (Å²) in [5.41, 5.74) is 1.46. The largest absolute Gasteiger partial charge is 0.333 e. The van der Waals surface area contributed by atoms with E-state index >= 15 is 0 Å². The zero-order valence-corrected chi connectivity index (χ0v) is 18.4. The van der Waals surface area contributed by atoms with Gasteiger partial charge in [-0.3, -0.25) is 9.59 Å². The van der Waals surface area contributed by atoms with Gasteiger partial charge >= 0.3 is 0 Å². The highest BCUT2D eigenvalue weighted by Crippen LogP contribution is 2.38. The second-order valence-corrected chi connectivity index (χ2v) is 9.57. The maximum Gasteiger partial charge on any atom is 0.242 e. The average molecular weight is 417 g/mol. The standard InChI is InChI=1S/C23H29FN2O2S/c1-5-12-25(22(28)23(2,3)4)15-20(27)26-13-10-19-18(11-14-29-19)21(26)16-6-8-17(24)9-7-16/h6-9,11,14,21H,5,10,12-13,15H2,1-4H3/t21-/m0/s1. The highest BCUT2D eigenvalue weighted by Gasteiger charge is 2.35. The number of thiophene rings is 1. The molecule has 2 heterocycles. The van der Waals surface area contributed by atoms with Crippen molar-refractivity contribution in [1.82, 2.24) is 9.80 Å². The Morgan fingerprint density at radius 1 is 1.21 bits per heavy atom. The van der Waals surface area contributed by atoms with Gasteiger partial charge in [-0.25, -0.2) is 4.39 Å². The van der Waals surface area contributed by atoms with Gasteiger partial charge in [0.25, 0.3) is 0 Å². The molecule has 1 aliphatic heterocycles. The Morgan fingerprint density at radius 3 is 2.52 bits per heavy atom. The van der Waals surface area contributed by atoms with E-state index in [1.807, 2.05) is 38.0 Å². The van der Waals surface area contributed by atoms with Crippen LogP contribution in [0.15, 0.2) is 35.7 Å². The zero-order valence-electron chi connectivity index (χ0n) is 17.6. The van der Waals surface area contributed by atoms with Crippen LogP contribution in [0.5, 0.6) is 0 Å². The molecule has 3 rings (SSSR count). The van der Waals surface area contributed by atoms with E-state index in [-0.39, 0.29) is 30.2 Å². The first-order chi connectivity index (χ1) is 13.7. The lowest BCUT2D eigenvalue weighted by atomic mass is 9.92. The number of nitrogens with zero attached hydrogens (tertiary/aromatic N) is 2. The van der Waals surface area contributed by atoms with Crippen LogP contribution in [0.1, 0.15) is 56.2 Å². The second-order valence-electron chi connectivity index (χ2n) is 8.57. The van der Waals surface area contributed by atoms with Gasteiger partial charge < -0.3 is 9.80 Å². The summed E-state index contributed by atoms with van der Waals surface area (Å²) < 4.78 is 13.5. The smallest absolute Gasteiger partial charge is 0.242 e. The van der Waals surface area contributed by atoms with Crippen LogP contribution >= 0.6 is 11.3 Å². The average Bonchev–Trinajstić information content (AvgIpc) is 3.15. The molecule has 2 amide bonds. The minimum absolute atomic E-state index is 0.0146. The monoisotopic (exact) mass is 416 g/mol. The van der Waals surface area contributed by atoms with Gasteiger partial charge in [-0.2, -0.15) is 0 Å². The van der Waals surface area contributed by atoms with Gasteiger partial charge in [0.1, 0.15) is 5.82 Å². The number of rotatable bonds is 5. The molecule has 0 radical (unpaired) electrons. The van der Waals surface area contributed by atoms with Crippen molar-refractivity contribution in [2.75, 3.05) is 19.6 Å². The molecule has 1 atom stereocenters. The highest BCUT2D eigenvalue weighted by molar-refractivity contribution is 7.10. The Morgan fingerprint density at radius 2 is 1.90 bits per heavy atom. The number of amides is 2. The van der Waals surface area contributed by atoms with Crippen LogP contribution in [-0.4, -0.2) is 41.2 Å². The van der Waals surface area contributed by atoms with Crippen LogP contribution in [0, 0.1) is 11.2 Å². The Labute approximate surface area is 176 Å². The predicted molar refractivity (Wildman–Crippen MR) is 114 cm³/mol. The molecule has 0 N–H and O–H groups in total. The lowest BCUT2D eigenvalue weighted by molar-refractivity contribution is -0.146. The van der Waals surface area contributed by atoms with Crippen LogP contribution in [0.4, 0.5) is 4.39 Å². The number of halogens is 1. The summed E-state index contributed by atoms with van der Waals surface area (Å²) in [5.74, 6) is -0.376. The predicted octanol–water partition coefficient (Wildman–Crippen LogP) is 4.65. The van der Waals surface area contributed by atoms with Crippen molar-refractivity contribution in [2.45, 2.75) is 46.6 Å². The number of carbonyl (C=O) groups is 2. The molecular formula is C23H29FN2O2S. The Balaban J connectivity index is 1.89. The summed E-state index contributed by atoms with van der Waals surface area (Å²) >= 11 is 1.69. The number of hydrogen-bond acceptors (Lipinski definition) is 3. The minimum atomic E-state index is -0.533. The van der Waals surface area contributed by atoms with Crippen LogP contribution < -0.4 is 0 Å². The summed E-state index contributed by atoms with van der Waals surface area (Å²) in [4.78, 5) is 31.0. The van der Waals surface area contributed by atoms with E-state index in [1.54, 1.807) is 28.4 Å². The number of carbonyl (C=O) groups excluding carboxylic acids is 2. The van der Waals surface area contributed by atoms with Gasteiger partial charge in [0.2, 0.25) is 11.8 Å². The highest BCUT2D eigenvalue weighted by atomic mass is 32.1. The molecular weight excluding hydrogens is 387 g/mol. The lowest BCUT2D eigenvalue weighted by Crippen LogP contribution is -2.49. The third kappa shape index (κ3) is 4.69. The van der Waals surface area contributed by atoms with Gasteiger partial charge in [0, 0.05) is 23.4 Å². The van der Waals surface area contributed by atoms with Gasteiger partial charge in [0.05, 0.1) is 12.6 Å². The van der Waals surface area contributed by atoms with E-state index in [9.17, 15) is 14.0 Å². The van der Waals surface area contributed by atoms with E-state index in [2.05, 4.69) is 6.07 Å². The molecule has 29 heavy (non-hydrogen) atoms. The summed E-state index contributed by atoms with van der Waals surface area (Å²) in [7, 11) is 0. The molecule has 0 saturated heterocycles. The Hall–Kier alpha value is -2.21. The van der Waals surface area contributed by atoms with Crippen molar-refractivity contribution in [3.63, 3.8) is 0 Å². The molecule has 156 valence electrons. The van der Waals surface area contributed by atoms with Crippen molar-refractivity contribution in [2.24, 2.45) is 5.41 Å². The third-order valence-electron chi connectivity index (χ3n) is 5.22. The molecule has 0 bridgehead atoms. The van der Waals surface area contributed by atoms with Crippen LogP contribution in [0.3, 0.4) is 0 Å². The molecule has 0 aliphatic carbocycles. The fourth-order valence-electron chi connectivity index (χ4n) is 3.84. The topological polar surface area (TPSA) is 40.6 Å². The van der Waals surface area contributed by atoms with Gasteiger partial charge in [-0.15, -0.1) is 11.3 Å². The molecule has 4 nitrogen and oxygen atoms in total. The van der Waals surface area contributed by atoms with Crippen molar-refractivity contribution in [3.8, 4) is 0 Å². The van der Waals surface area contributed by atoms with Gasteiger partial charge in [-0.1, -0.05) is 39.8 Å². The zero-order chi connectivity index (χ0) is 21.2. The molecule has 0 spiro atoms. The number of hydrogen-bond donors (Lipinski definition) is 0. The van der Waals surface area contributed by atoms with Crippen molar-refractivity contribution >= 4 is 23.2 Å². The van der Waals surface area contributed by atoms with Gasteiger partial charge in [0.15, 0.2) is 0 Å². The Bertz CT molecular complexity index is 870. The first-order valence-corrected chi connectivity index (χ1v) is 11.0. The number of benzene rings is 1. The molecule has 0 fully saturated rings. The molecule has 0 saturated carbocycles. The van der Waals surface area contributed by atoms with E-state index in [4.69, 9.17) is 0 Å². The van der Waals surface area contributed by atoms with Crippen molar-refractivity contribution < 1.29 is 14.0 Å². The van der Waals surface area contributed by atoms with Crippen molar-refractivity contribution in [1.29, 1.82) is 0 Å². The quantitative estimate of drug-likeness (QED) is 0.712. The molecule has 6 heteroatoms. The summed E-state index contributed by atoms with van der Waals surface area (Å²) in [6.45, 7) is 8.86. The summed E-state index contributed by atoms with van der Waals surface area (Å²) in [5, 5.41) is 2.04. The maximum absolute atomic E-state index is 13.5. The first kappa shape index (κ1) is 21.5. The second kappa shape index (κ2) is 8.66. The molecule has 1 aromatic carbocycles. The third-order valence-corrected chi connectivity index (χ3v) is 6.22. The maximum atomic E-state index is 13.5. The fourth-order valence-corrected chi connectivity index (χ4v) is 4.74. The van der Waals surface area contributed by atoms with Gasteiger partial charge in [-0.05, 0) is 47.5 Å². The summed E-state index contributed by atoms with van der Waals surface area (Å²) in [6.07, 6.45) is 1.60. The molecule has 0 unspecified atom stereocenters.